The first-order chi connectivity index (χ1) is 7.84. The van der Waals surface area contributed by atoms with Gasteiger partial charge in [0, 0.05) is 12.6 Å². The molecule has 0 spiro atoms. The third kappa shape index (κ3) is 2.99. The number of aryl methyl sites for hydroxylation is 1. The fourth-order valence-electron chi connectivity index (χ4n) is 1.62. The third-order valence-corrected chi connectivity index (χ3v) is 6.60. The van der Waals surface area contributed by atoms with Gasteiger partial charge in [-0.3, -0.25) is 0 Å². The molecule has 0 fully saturated rings. The lowest BCUT2D eigenvalue weighted by Crippen LogP contribution is -2.37. The van der Waals surface area contributed by atoms with Crippen LogP contribution in [0.2, 0.25) is 4.47 Å². The molecule has 1 aromatic rings. The molecule has 1 aromatic heterocycles. The van der Waals surface area contributed by atoms with Crippen molar-refractivity contribution in [3.63, 3.8) is 0 Å². The van der Waals surface area contributed by atoms with Gasteiger partial charge < -0.3 is 0 Å². The Morgan fingerprint density at radius 1 is 1.47 bits per heavy atom. The van der Waals surface area contributed by atoms with Gasteiger partial charge in [-0.15, -0.1) is 0 Å². The first-order valence-electron chi connectivity index (χ1n) is 5.49. The molecule has 1 heterocycles. The Bertz CT molecular complexity index is 484. The molecule has 98 valence electrons. The van der Waals surface area contributed by atoms with Gasteiger partial charge in [0.1, 0.15) is 0 Å². The standard InChI is InChI=1S/C10H17ClN2O2S2/c1-5-7(3)13(6-2)17(14,15)9-8(4)12-10(11)16-9/h7H,5-6H2,1-4H3. The minimum absolute atomic E-state index is 0.0229. The number of thiazole rings is 1. The number of sulfonamides is 1. The van der Waals surface area contributed by atoms with E-state index in [-0.39, 0.29) is 14.7 Å². The molecule has 0 radical (unpaired) electrons. The summed E-state index contributed by atoms with van der Waals surface area (Å²) in [7, 11) is -3.47. The van der Waals surface area contributed by atoms with E-state index in [1.165, 1.54) is 4.31 Å². The summed E-state index contributed by atoms with van der Waals surface area (Å²) < 4.78 is 26.9. The van der Waals surface area contributed by atoms with E-state index in [1.807, 2.05) is 20.8 Å². The van der Waals surface area contributed by atoms with Crippen LogP contribution in [-0.2, 0) is 10.0 Å². The van der Waals surface area contributed by atoms with Crippen molar-refractivity contribution in [3.05, 3.63) is 10.2 Å². The molecular weight excluding hydrogens is 280 g/mol. The van der Waals surface area contributed by atoms with Crippen LogP contribution in [0.4, 0.5) is 0 Å². The summed E-state index contributed by atoms with van der Waals surface area (Å²) in [6.45, 7) is 7.82. The Hall–Kier alpha value is -0.170. The third-order valence-electron chi connectivity index (χ3n) is 2.67. The topological polar surface area (TPSA) is 50.3 Å². The number of hydrogen-bond acceptors (Lipinski definition) is 4. The van der Waals surface area contributed by atoms with Crippen LogP contribution in [0.25, 0.3) is 0 Å². The van der Waals surface area contributed by atoms with Crippen molar-refractivity contribution in [2.75, 3.05) is 6.54 Å². The molecule has 0 saturated heterocycles. The maximum Gasteiger partial charge on any atom is 0.254 e. The number of rotatable bonds is 5. The lowest BCUT2D eigenvalue weighted by Gasteiger charge is -2.25. The molecule has 17 heavy (non-hydrogen) atoms. The van der Waals surface area contributed by atoms with Crippen LogP contribution >= 0.6 is 22.9 Å². The van der Waals surface area contributed by atoms with Crippen molar-refractivity contribution in [3.8, 4) is 0 Å². The molecule has 7 heteroatoms. The van der Waals surface area contributed by atoms with Crippen molar-refractivity contribution in [2.24, 2.45) is 0 Å². The molecule has 4 nitrogen and oxygen atoms in total. The molecule has 1 unspecified atom stereocenters. The lowest BCUT2D eigenvalue weighted by atomic mass is 10.3. The van der Waals surface area contributed by atoms with Gasteiger partial charge in [0.25, 0.3) is 10.0 Å². The van der Waals surface area contributed by atoms with Crippen LogP contribution in [-0.4, -0.2) is 30.3 Å². The van der Waals surface area contributed by atoms with Crippen LogP contribution in [0.3, 0.4) is 0 Å². The van der Waals surface area contributed by atoms with Gasteiger partial charge in [0.05, 0.1) is 5.69 Å². The van der Waals surface area contributed by atoms with Gasteiger partial charge in [-0.25, -0.2) is 13.4 Å². The maximum atomic E-state index is 12.4. The zero-order valence-corrected chi connectivity index (χ0v) is 12.8. The van der Waals surface area contributed by atoms with E-state index in [4.69, 9.17) is 11.6 Å². The first-order valence-corrected chi connectivity index (χ1v) is 8.12. The molecule has 0 aromatic carbocycles. The predicted octanol–water partition coefficient (Wildman–Crippen LogP) is 2.91. The van der Waals surface area contributed by atoms with Gasteiger partial charge in [-0.05, 0) is 20.3 Å². The van der Waals surface area contributed by atoms with Crippen LogP contribution < -0.4 is 0 Å². The summed E-state index contributed by atoms with van der Waals surface area (Å²) in [6.07, 6.45) is 0.776. The predicted molar refractivity (Wildman–Crippen MR) is 71.2 cm³/mol. The number of nitrogens with zero attached hydrogens (tertiary/aromatic N) is 2. The lowest BCUT2D eigenvalue weighted by molar-refractivity contribution is 0.343. The summed E-state index contributed by atoms with van der Waals surface area (Å²) in [5.41, 5.74) is 0.474. The minimum atomic E-state index is -3.47. The van der Waals surface area contributed by atoms with Gasteiger partial charge in [-0.1, -0.05) is 36.8 Å². The maximum absolute atomic E-state index is 12.4. The van der Waals surface area contributed by atoms with Crippen LogP contribution in [0, 0.1) is 6.92 Å². The Kier molecular flexibility index (Phi) is 4.95. The average molecular weight is 297 g/mol. The van der Waals surface area contributed by atoms with Crippen molar-refractivity contribution < 1.29 is 8.42 Å². The van der Waals surface area contributed by atoms with Gasteiger partial charge in [0.2, 0.25) is 0 Å². The van der Waals surface area contributed by atoms with E-state index in [2.05, 4.69) is 4.98 Å². The number of aromatic nitrogens is 1. The monoisotopic (exact) mass is 296 g/mol. The molecule has 0 bridgehead atoms. The van der Waals surface area contributed by atoms with E-state index in [9.17, 15) is 8.42 Å². The van der Waals surface area contributed by atoms with E-state index in [0.717, 1.165) is 17.8 Å². The largest absolute Gasteiger partial charge is 0.254 e. The Balaban J connectivity index is 3.22. The Labute approximate surface area is 112 Å². The summed E-state index contributed by atoms with van der Waals surface area (Å²) in [5, 5.41) is 0. The summed E-state index contributed by atoms with van der Waals surface area (Å²) in [5.74, 6) is 0. The van der Waals surface area contributed by atoms with E-state index in [0.29, 0.717) is 12.2 Å². The number of halogens is 1. The summed E-state index contributed by atoms with van der Waals surface area (Å²) in [4.78, 5) is 3.96. The summed E-state index contributed by atoms with van der Waals surface area (Å²) in [6, 6.07) is -0.0229. The molecule has 1 rings (SSSR count). The van der Waals surface area contributed by atoms with E-state index in [1.54, 1.807) is 6.92 Å². The molecule has 1 atom stereocenters. The highest BCUT2D eigenvalue weighted by Crippen LogP contribution is 2.30. The van der Waals surface area contributed by atoms with Crippen molar-refractivity contribution in [2.45, 2.75) is 44.4 Å². The molecule has 0 amide bonds. The quantitative estimate of drug-likeness (QED) is 0.839. The Morgan fingerprint density at radius 3 is 2.41 bits per heavy atom. The SMILES string of the molecule is CCC(C)N(CC)S(=O)(=O)c1sc(Cl)nc1C. The fourth-order valence-corrected chi connectivity index (χ4v) is 5.18. The second-order valence-corrected chi connectivity index (χ2v) is 7.47. The van der Waals surface area contributed by atoms with Gasteiger partial charge >= 0.3 is 0 Å². The van der Waals surface area contributed by atoms with E-state index < -0.39 is 10.0 Å². The Morgan fingerprint density at radius 2 is 2.06 bits per heavy atom. The first kappa shape index (κ1) is 14.9. The van der Waals surface area contributed by atoms with Crippen LogP contribution in [0.15, 0.2) is 4.21 Å². The highest BCUT2D eigenvalue weighted by Gasteiger charge is 2.30. The van der Waals surface area contributed by atoms with Gasteiger partial charge in [0.15, 0.2) is 8.68 Å². The smallest absolute Gasteiger partial charge is 0.229 e. The molecule has 0 saturated carbocycles. The normalized spacial score (nSPS) is 14.2. The fraction of sp³-hybridized carbons (Fsp3) is 0.700. The van der Waals surface area contributed by atoms with E-state index >= 15 is 0 Å². The highest BCUT2D eigenvalue weighted by atomic mass is 35.5. The minimum Gasteiger partial charge on any atom is -0.229 e. The van der Waals surface area contributed by atoms with Crippen molar-refractivity contribution in [1.29, 1.82) is 0 Å². The number of hydrogen-bond donors (Lipinski definition) is 0. The average Bonchev–Trinajstić information content (AvgIpc) is 2.58. The molecule has 0 aliphatic heterocycles. The molecule has 0 aliphatic carbocycles. The van der Waals surface area contributed by atoms with Crippen LogP contribution in [0.1, 0.15) is 32.9 Å². The van der Waals surface area contributed by atoms with Gasteiger partial charge in [-0.2, -0.15) is 4.31 Å². The molecular formula is C10H17ClN2O2S2. The molecule has 0 N–H and O–H groups in total. The van der Waals surface area contributed by atoms with Crippen molar-refractivity contribution >= 4 is 33.0 Å². The van der Waals surface area contributed by atoms with Crippen molar-refractivity contribution in [1.82, 2.24) is 9.29 Å². The summed E-state index contributed by atoms with van der Waals surface area (Å²) >= 11 is 6.78. The molecule has 0 aliphatic rings. The second kappa shape index (κ2) is 5.65. The zero-order chi connectivity index (χ0) is 13.2. The highest BCUT2D eigenvalue weighted by molar-refractivity contribution is 7.91. The second-order valence-electron chi connectivity index (χ2n) is 3.81. The van der Waals surface area contributed by atoms with Crippen LogP contribution in [0.5, 0.6) is 0 Å². The zero-order valence-electron chi connectivity index (χ0n) is 10.4.